The summed E-state index contributed by atoms with van der Waals surface area (Å²) < 4.78 is 0. The molecular weight excluding hydrogens is 384 g/mol. The van der Waals surface area contributed by atoms with E-state index < -0.39 is 0 Å². The summed E-state index contributed by atoms with van der Waals surface area (Å²) in [6, 6.07) is 37.7. The Bertz CT molecular complexity index is 1310. The molecule has 0 saturated carbocycles. The van der Waals surface area contributed by atoms with Crippen molar-refractivity contribution in [1.29, 1.82) is 0 Å². The zero-order chi connectivity index (χ0) is 20.7. The van der Waals surface area contributed by atoms with Gasteiger partial charge in [-0.15, -0.1) is 0 Å². The van der Waals surface area contributed by atoms with E-state index in [1.807, 2.05) is 0 Å². The second kappa shape index (κ2) is 8.13. The number of benzene rings is 4. The molecule has 0 N–H and O–H groups in total. The van der Waals surface area contributed by atoms with Crippen LogP contribution < -0.4 is 0 Å². The Hall–Kier alpha value is -3.64. The van der Waals surface area contributed by atoms with Gasteiger partial charge in [0, 0.05) is 0 Å². The third-order valence-electron chi connectivity index (χ3n) is 6.79. The van der Waals surface area contributed by atoms with Crippen molar-refractivity contribution in [3.05, 3.63) is 144 Å². The first-order valence-electron chi connectivity index (χ1n) is 11.1. The van der Waals surface area contributed by atoms with Crippen LogP contribution in [0.4, 0.5) is 0 Å². The van der Waals surface area contributed by atoms with Gasteiger partial charge in [-0.05, 0) is 57.4 Å². The summed E-state index contributed by atoms with van der Waals surface area (Å²) in [5.74, 6) is 0. The quantitative estimate of drug-likeness (QED) is 0.316. The Morgan fingerprint density at radius 3 is 1.97 bits per heavy atom. The second-order valence-electron chi connectivity index (χ2n) is 8.39. The zero-order valence-electron chi connectivity index (χ0n) is 17.5. The smallest absolute Gasteiger partial charge is 0.0710 e. The molecule has 0 bridgehead atoms. The van der Waals surface area contributed by atoms with E-state index in [4.69, 9.17) is 0 Å². The third-order valence-corrected chi connectivity index (χ3v) is 6.79. The molecule has 0 aliphatic heterocycles. The third kappa shape index (κ3) is 2.83. The topological polar surface area (TPSA) is 0 Å². The van der Waals surface area contributed by atoms with E-state index in [-0.39, 0.29) is 12.8 Å². The average molecular weight is 413 g/mol. The summed E-state index contributed by atoms with van der Waals surface area (Å²) in [7, 11) is 0. The molecule has 0 amide bonds. The number of allylic oxidation sites excluding steroid dienone is 4. The van der Waals surface area contributed by atoms with E-state index in [0.29, 0.717) is 0 Å². The van der Waals surface area contributed by atoms with Crippen LogP contribution in [0.1, 0.15) is 37.0 Å². The molecule has 1 atom stereocenters. The summed E-state index contributed by atoms with van der Waals surface area (Å²) in [5.41, 5.74) is 10.5. The van der Waals surface area contributed by atoms with Gasteiger partial charge in [-0.3, -0.25) is 0 Å². The molecule has 6 rings (SSSR count). The molecule has 0 nitrogen and oxygen atoms in total. The monoisotopic (exact) mass is 412 g/mol. The van der Waals surface area contributed by atoms with Gasteiger partial charge in [-0.1, -0.05) is 129 Å². The van der Waals surface area contributed by atoms with Crippen molar-refractivity contribution in [3.63, 3.8) is 0 Å². The first-order chi connectivity index (χ1) is 15.4. The van der Waals surface area contributed by atoms with Gasteiger partial charge in [-0.2, -0.15) is 0 Å². The van der Waals surface area contributed by atoms with E-state index in [1.54, 1.807) is 0 Å². The molecule has 0 fully saturated rings. The molecule has 0 heterocycles. The summed E-state index contributed by atoms with van der Waals surface area (Å²) in [6.07, 6.45) is 9.36. The van der Waals surface area contributed by atoms with E-state index in [2.05, 4.69) is 121 Å². The van der Waals surface area contributed by atoms with Crippen molar-refractivity contribution < 1.29 is 0 Å². The molecular formula is C32H28. The van der Waals surface area contributed by atoms with Crippen molar-refractivity contribution in [2.45, 2.75) is 25.7 Å². The molecule has 32 heavy (non-hydrogen) atoms. The molecule has 0 aromatic heterocycles. The molecule has 0 radical (unpaired) electrons. The van der Waals surface area contributed by atoms with Crippen LogP contribution in [-0.4, -0.2) is 0 Å². The second-order valence-corrected chi connectivity index (χ2v) is 8.39. The largest absolute Gasteiger partial charge is 0.0839 e. The van der Waals surface area contributed by atoms with Crippen molar-refractivity contribution in [1.82, 2.24) is 0 Å². The molecule has 0 spiro atoms. The van der Waals surface area contributed by atoms with Crippen molar-refractivity contribution in [2.75, 3.05) is 0 Å². The van der Waals surface area contributed by atoms with Gasteiger partial charge < -0.3 is 0 Å². The van der Waals surface area contributed by atoms with Crippen LogP contribution in [0.25, 0.3) is 22.3 Å². The van der Waals surface area contributed by atoms with Crippen LogP contribution in [0.15, 0.2) is 127 Å². The molecule has 156 valence electrons. The van der Waals surface area contributed by atoms with Gasteiger partial charge in [0.2, 0.25) is 0 Å². The lowest BCUT2D eigenvalue weighted by Gasteiger charge is -2.35. The van der Waals surface area contributed by atoms with Gasteiger partial charge in [0.15, 0.2) is 0 Å². The number of fused-ring (bicyclic) bond motifs is 3. The molecule has 0 heteroatoms. The van der Waals surface area contributed by atoms with Crippen LogP contribution in [-0.2, 0) is 5.41 Å². The maximum absolute atomic E-state index is 2.45. The zero-order valence-corrected chi connectivity index (χ0v) is 17.5. The highest BCUT2D eigenvalue weighted by Crippen LogP contribution is 2.58. The number of rotatable bonds is 3. The minimum Gasteiger partial charge on any atom is -0.0839 e. The Kier molecular flexibility index (Phi) is 5.15. The van der Waals surface area contributed by atoms with E-state index in [9.17, 15) is 0 Å². The van der Waals surface area contributed by atoms with E-state index in [0.717, 1.165) is 12.8 Å². The maximum atomic E-state index is 2.45. The summed E-state index contributed by atoms with van der Waals surface area (Å²) in [4.78, 5) is 0. The van der Waals surface area contributed by atoms with Gasteiger partial charge >= 0.3 is 0 Å². The minimum absolute atomic E-state index is 0. The fourth-order valence-corrected chi connectivity index (χ4v) is 5.55. The molecule has 4 aromatic carbocycles. The van der Waals surface area contributed by atoms with E-state index in [1.165, 1.54) is 44.5 Å². The number of hydrogen-bond acceptors (Lipinski definition) is 0. The predicted molar refractivity (Wildman–Crippen MR) is 137 cm³/mol. The summed E-state index contributed by atoms with van der Waals surface area (Å²) >= 11 is 0. The first kappa shape index (κ1) is 20.3. The summed E-state index contributed by atoms with van der Waals surface area (Å²) in [6.45, 7) is 0. The van der Waals surface area contributed by atoms with Crippen molar-refractivity contribution in [3.8, 4) is 22.3 Å². The molecule has 4 aromatic rings. The normalized spacial score (nSPS) is 18.3. The number of hydrogen-bond donors (Lipinski definition) is 0. The lowest BCUT2D eigenvalue weighted by molar-refractivity contribution is 0.751. The SMILES string of the molecule is C.C1=CC(C2(c3ccccc3)c3ccccc3-c3c(-c4ccccc4)cccc32)=CCC1. The van der Waals surface area contributed by atoms with Crippen molar-refractivity contribution in [2.24, 2.45) is 0 Å². The summed E-state index contributed by atoms with van der Waals surface area (Å²) in [5, 5.41) is 0. The van der Waals surface area contributed by atoms with Crippen LogP contribution in [0, 0.1) is 0 Å². The standard InChI is InChI=1S/C31H24.CH4/c1-4-13-23(14-5-1)26-20-12-22-29-30(26)27-19-10-11-21-28(27)31(29,24-15-6-2-7-16-24)25-17-8-3-9-18-25;/h1-2,4-8,10-22H,3,9H2;1H4. The highest BCUT2D eigenvalue weighted by atomic mass is 14.5. The van der Waals surface area contributed by atoms with Crippen LogP contribution in [0.5, 0.6) is 0 Å². The highest BCUT2D eigenvalue weighted by molar-refractivity contribution is 5.95. The van der Waals surface area contributed by atoms with Gasteiger partial charge in [-0.25, -0.2) is 0 Å². The van der Waals surface area contributed by atoms with Gasteiger partial charge in [0.25, 0.3) is 0 Å². The van der Waals surface area contributed by atoms with Crippen molar-refractivity contribution >= 4 is 0 Å². The Morgan fingerprint density at radius 2 is 1.22 bits per heavy atom. The Balaban J connectivity index is 0.00000216. The fourth-order valence-electron chi connectivity index (χ4n) is 5.55. The molecule has 1 unspecified atom stereocenters. The van der Waals surface area contributed by atoms with E-state index >= 15 is 0 Å². The van der Waals surface area contributed by atoms with Gasteiger partial charge in [0.05, 0.1) is 5.41 Å². The van der Waals surface area contributed by atoms with Gasteiger partial charge in [0.1, 0.15) is 0 Å². The predicted octanol–water partition coefficient (Wildman–Crippen LogP) is 8.58. The Morgan fingerprint density at radius 1 is 0.562 bits per heavy atom. The molecule has 2 aliphatic carbocycles. The lowest BCUT2D eigenvalue weighted by atomic mass is 9.66. The maximum Gasteiger partial charge on any atom is 0.0710 e. The first-order valence-corrected chi connectivity index (χ1v) is 11.1. The lowest BCUT2D eigenvalue weighted by Crippen LogP contribution is -2.29. The Labute approximate surface area is 191 Å². The minimum atomic E-state index is -0.283. The van der Waals surface area contributed by atoms with Crippen LogP contribution >= 0.6 is 0 Å². The van der Waals surface area contributed by atoms with Crippen LogP contribution in [0.2, 0.25) is 0 Å². The highest BCUT2D eigenvalue weighted by Gasteiger charge is 2.47. The molecule has 0 saturated heterocycles. The average Bonchev–Trinajstić information content (AvgIpc) is 3.17. The molecule has 2 aliphatic rings. The fraction of sp³-hybridized carbons (Fsp3) is 0.125. The van der Waals surface area contributed by atoms with Crippen LogP contribution in [0.3, 0.4) is 0 Å².